The number of para-hydroxylation sites is 2. The number of nitrogens with zero attached hydrogens (tertiary/aromatic N) is 3. The van der Waals surface area contributed by atoms with Crippen LogP contribution in [-0.2, 0) is 4.79 Å². The van der Waals surface area contributed by atoms with Gasteiger partial charge in [-0.05, 0) is 77.1 Å². The summed E-state index contributed by atoms with van der Waals surface area (Å²) in [5.74, 6) is -0.512. The van der Waals surface area contributed by atoms with Crippen molar-refractivity contribution in [2.45, 2.75) is 64.5 Å². The highest BCUT2D eigenvalue weighted by Crippen LogP contribution is 2.30. The zero-order chi connectivity index (χ0) is 22.8. The van der Waals surface area contributed by atoms with Crippen molar-refractivity contribution in [3.8, 4) is 0 Å². The van der Waals surface area contributed by atoms with E-state index in [1.165, 1.54) is 4.57 Å². The topological polar surface area (TPSA) is 96.6 Å². The van der Waals surface area contributed by atoms with E-state index in [1.807, 2.05) is 38.1 Å². The van der Waals surface area contributed by atoms with Gasteiger partial charge >= 0.3 is 17.7 Å². The summed E-state index contributed by atoms with van der Waals surface area (Å²) in [5, 5.41) is 12.3. The van der Waals surface area contributed by atoms with Crippen molar-refractivity contribution >= 4 is 35.4 Å². The van der Waals surface area contributed by atoms with Crippen molar-refractivity contribution < 1.29 is 14.7 Å². The molecule has 2 unspecified atom stereocenters. The highest BCUT2D eigenvalue weighted by atomic mass is 35.5. The van der Waals surface area contributed by atoms with Crippen molar-refractivity contribution in [3.63, 3.8) is 0 Å². The number of likely N-dealkylation sites (tertiary alicyclic amines) is 1. The maximum Gasteiger partial charge on any atom is 0.337 e. The molecule has 33 heavy (non-hydrogen) atoms. The van der Waals surface area contributed by atoms with Gasteiger partial charge in [0.05, 0.1) is 17.0 Å². The van der Waals surface area contributed by atoms with Gasteiger partial charge in [0, 0.05) is 18.6 Å². The van der Waals surface area contributed by atoms with Gasteiger partial charge in [-0.15, -0.1) is 12.4 Å². The smallest absolute Gasteiger partial charge is 0.337 e. The Morgan fingerprint density at radius 2 is 1.76 bits per heavy atom. The third-order valence-corrected chi connectivity index (χ3v) is 7.20. The van der Waals surface area contributed by atoms with Gasteiger partial charge in [0.15, 0.2) is 0 Å². The zero-order valence-corrected chi connectivity index (χ0v) is 20.2. The number of fused-ring (bicyclic) bond motifs is 1. The number of piperidine rings is 1. The van der Waals surface area contributed by atoms with Crippen molar-refractivity contribution in [1.82, 2.24) is 19.4 Å². The monoisotopic (exact) mass is 478 g/mol. The number of aromatic nitrogens is 2. The standard InChI is InChI=1S/C24H34N4O4.ClH/c1-16(2)27-20-8-3-4-9-21(20)28(24(27)32)23(31)25-15-17-10-12-26(13-11-17)19-7-5-6-18(14-19)22(29)30;/h3-4,8-9,16-19H,5-7,10-15H2,1-2H3,(H,25,31)(H,29,30);1H. The maximum atomic E-state index is 12.9. The molecule has 2 aliphatic rings. The Kier molecular flexibility index (Phi) is 8.23. The number of hydrogen-bond donors (Lipinski definition) is 2. The van der Waals surface area contributed by atoms with Crippen LogP contribution in [0.1, 0.15) is 58.4 Å². The Morgan fingerprint density at radius 1 is 1.09 bits per heavy atom. The van der Waals surface area contributed by atoms with Crippen LogP contribution in [0, 0.1) is 11.8 Å². The third-order valence-electron chi connectivity index (χ3n) is 7.20. The van der Waals surface area contributed by atoms with Crippen LogP contribution in [0.25, 0.3) is 11.0 Å². The zero-order valence-electron chi connectivity index (χ0n) is 19.4. The molecule has 1 aliphatic heterocycles. The fourth-order valence-corrected chi connectivity index (χ4v) is 5.42. The molecular weight excluding hydrogens is 444 g/mol. The molecule has 1 amide bonds. The maximum absolute atomic E-state index is 12.9. The molecule has 1 aliphatic carbocycles. The van der Waals surface area contributed by atoms with E-state index in [1.54, 1.807) is 4.57 Å². The molecular formula is C24H35ClN4O4. The van der Waals surface area contributed by atoms with Gasteiger partial charge in [0.1, 0.15) is 0 Å². The molecule has 2 heterocycles. The number of hydrogen-bond acceptors (Lipinski definition) is 4. The molecule has 0 bridgehead atoms. The Labute approximate surface area is 200 Å². The summed E-state index contributed by atoms with van der Waals surface area (Å²) in [4.78, 5) is 39.7. The second-order valence-corrected chi connectivity index (χ2v) is 9.59. The summed E-state index contributed by atoms with van der Waals surface area (Å²) in [7, 11) is 0. The predicted molar refractivity (Wildman–Crippen MR) is 130 cm³/mol. The molecule has 1 aromatic carbocycles. The molecule has 1 aromatic heterocycles. The van der Waals surface area contributed by atoms with Crippen LogP contribution in [0.3, 0.4) is 0 Å². The summed E-state index contributed by atoms with van der Waals surface area (Å²) < 4.78 is 2.90. The van der Waals surface area contributed by atoms with E-state index in [0.29, 0.717) is 24.0 Å². The van der Waals surface area contributed by atoms with Crippen LogP contribution in [0.2, 0.25) is 0 Å². The van der Waals surface area contributed by atoms with Gasteiger partial charge < -0.3 is 15.3 Å². The van der Waals surface area contributed by atoms with E-state index in [-0.39, 0.29) is 36.1 Å². The van der Waals surface area contributed by atoms with E-state index in [0.717, 1.165) is 57.1 Å². The molecule has 2 N–H and O–H groups in total. The molecule has 2 fully saturated rings. The molecule has 2 atom stereocenters. The molecule has 1 saturated carbocycles. The van der Waals surface area contributed by atoms with E-state index < -0.39 is 5.97 Å². The average Bonchev–Trinajstić information content (AvgIpc) is 3.10. The number of carboxylic acids is 1. The molecule has 4 rings (SSSR count). The molecule has 8 nitrogen and oxygen atoms in total. The SMILES string of the molecule is CC(C)n1c(=O)n(C(=O)NCC2CCN(C3CCCC(C(=O)O)C3)CC2)c2ccccc21.Cl. The van der Waals surface area contributed by atoms with Crippen LogP contribution in [0.5, 0.6) is 0 Å². The van der Waals surface area contributed by atoms with E-state index in [4.69, 9.17) is 0 Å². The number of imidazole rings is 1. The lowest BCUT2D eigenvalue weighted by atomic mass is 9.83. The van der Waals surface area contributed by atoms with Crippen LogP contribution < -0.4 is 11.0 Å². The lowest BCUT2D eigenvalue weighted by Gasteiger charge is -2.40. The van der Waals surface area contributed by atoms with E-state index in [2.05, 4.69) is 10.2 Å². The van der Waals surface area contributed by atoms with Gasteiger partial charge in [0.25, 0.3) is 0 Å². The Hall–Kier alpha value is -2.32. The minimum Gasteiger partial charge on any atom is -0.481 e. The van der Waals surface area contributed by atoms with Crippen LogP contribution in [0.15, 0.2) is 29.1 Å². The number of carbonyl (C=O) groups excluding carboxylic acids is 1. The number of aliphatic carboxylic acids is 1. The molecule has 2 aromatic rings. The molecule has 0 radical (unpaired) electrons. The molecule has 0 spiro atoms. The highest BCUT2D eigenvalue weighted by molar-refractivity contribution is 5.89. The lowest BCUT2D eigenvalue weighted by molar-refractivity contribution is -0.143. The predicted octanol–water partition coefficient (Wildman–Crippen LogP) is 3.72. The molecule has 182 valence electrons. The first-order valence-corrected chi connectivity index (χ1v) is 11.8. The lowest BCUT2D eigenvalue weighted by Crippen LogP contribution is -2.46. The van der Waals surface area contributed by atoms with Crippen LogP contribution in [0.4, 0.5) is 4.79 Å². The summed E-state index contributed by atoms with van der Waals surface area (Å²) >= 11 is 0. The quantitative estimate of drug-likeness (QED) is 0.682. The van der Waals surface area contributed by atoms with Crippen molar-refractivity contribution in [1.29, 1.82) is 0 Å². The Balaban J connectivity index is 0.00000306. The molecule has 9 heteroatoms. The summed E-state index contributed by atoms with van der Waals surface area (Å²) in [6.45, 7) is 6.29. The van der Waals surface area contributed by atoms with E-state index in [9.17, 15) is 19.5 Å². The highest BCUT2D eigenvalue weighted by Gasteiger charge is 2.32. The second kappa shape index (κ2) is 10.7. The molecule has 1 saturated heterocycles. The van der Waals surface area contributed by atoms with Crippen molar-refractivity contribution in [2.24, 2.45) is 11.8 Å². The number of benzene rings is 1. The fourth-order valence-electron chi connectivity index (χ4n) is 5.42. The number of carboxylic acid groups (broad SMARTS) is 1. The van der Waals surface area contributed by atoms with E-state index >= 15 is 0 Å². The first-order valence-electron chi connectivity index (χ1n) is 11.8. The van der Waals surface area contributed by atoms with Crippen LogP contribution >= 0.6 is 12.4 Å². The van der Waals surface area contributed by atoms with Gasteiger partial charge in [0.2, 0.25) is 0 Å². The first-order chi connectivity index (χ1) is 15.4. The normalized spacial score (nSPS) is 22.3. The number of nitrogens with one attached hydrogen (secondary N) is 1. The number of halogens is 1. The second-order valence-electron chi connectivity index (χ2n) is 9.59. The number of amides is 1. The number of carbonyl (C=O) groups is 2. The summed E-state index contributed by atoms with van der Waals surface area (Å²) in [6.07, 6.45) is 5.54. The van der Waals surface area contributed by atoms with Gasteiger partial charge in [-0.3, -0.25) is 9.36 Å². The summed E-state index contributed by atoms with van der Waals surface area (Å²) in [6, 6.07) is 7.35. The minimum atomic E-state index is -0.665. The third kappa shape index (κ3) is 5.27. The van der Waals surface area contributed by atoms with Gasteiger partial charge in [-0.2, -0.15) is 0 Å². The summed E-state index contributed by atoms with van der Waals surface area (Å²) in [5.41, 5.74) is 1.09. The van der Waals surface area contributed by atoms with Crippen LogP contribution in [-0.4, -0.2) is 56.8 Å². The Morgan fingerprint density at radius 3 is 2.39 bits per heavy atom. The van der Waals surface area contributed by atoms with Crippen molar-refractivity contribution in [3.05, 3.63) is 34.7 Å². The number of rotatable bonds is 5. The largest absolute Gasteiger partial charge is 0.481 e. The first kappa shape index (κ1) is 25.3. The van der Waals surface area contributed by atoms with Crippen molar-refractivity contribution in [2.75, 3.05) is 19.6 Å². The van der Waals surface area contributed by atoms with Gasteiger partial charge in [-0.25, -0.2) is 14.2 Å². The van der Waals surface area contributed by atoms with Gasteiger partial charge in [-0.1, -0.05) is 18.6 Å². The minimum absolute atomic E-state index is 0. The average molecular weight is 479 g/mol. The Bertz CT molecular complexity index is 1040. The fraction of sp³-hybridized carbons (Fsp3) is 0.625.